The molecule has 0 radical (unpaired) electrons. The molecule has 1 aromatic heterocycles. The van der Waals surface area contributed by atoms with E-state index in [0.29, 0.717) is 5.92 Å². The molecule has 0 bridgehead atoms. The van der Waals surface area contributed by atoms with E-state index in [2.05, 4.69) is 10.2 Å². The quantitative estimate of drug-likeness (QED) is 0.776. The minimum atomic E-state index is 0.0788. The SMILES string of the molecule is CC(=O)c1cccc(-n2cnnc2C2CCC2)c1. The monoisotopic (exact) mass is 241 g/mol. The van der Waals surface area contributed by atoms with Crippen LogP contribution in [0.3, 0.4) is 0 Å². The molecule has 4 nitrogen and oxygen atoms in total. The zero-order chi connectivity index (χ0) is 12.5. The molecule has 92 valence electrons. The highest BCUT2D eigenvalue weighted by Gasteiger charge is 2.25. The number of nitrogens with zero attached hydrogens (tertiary/aromatic N) is 3. The fraction of sp³-hybridized carbons (Fsp3) is 0.357. The van der Waals surface area contributed by atoms with E-state index in [9.17, 15) is 4.79 Å². The van der Waals surface area contributed by atoms with Gasteiger partial charge in [0.15, 0.2) is 5.78 Å². The minimum absolute atomic E-state index is 0.0788. The first-order valence-corrected chi connectivity index (χ1v) is 6.27. The largest absolute Gasteiger partial charge is 0.295 e. The summed E-state index contributed by atoms with van der Waals surface area (Å²) in [5.41, 5.74) is 1.69. The number of Topliss-reactive ketones (excluding diaryl/α,β-unsaturated/α-hetero) is 1. The topological polar surface area (TPSA) is 47.8 Å². The van der Waals surface area contributed by atoms with Gasteiger partial charge in [-0.25, -0.2) is 0 Å². The summed E-state index contributed by atoms with van der Waals surface area (Å²) >= 11 is 0. The zero-order valence-corrected chi connectivity index (χ0v) is 10.3. The Morgan fingerprint density at radius 3 is 2.89 bits per heavy atom. The summed E-state index contributed by atoms with van der Waals surface area (Å²) < 4.78 is 2.00. The molecule has 0 atom stereocenters. The highest BCUT2D eigenvalue weighted by atomic mass is 16.1. The number of hydrogen-bond acceptors (Lipinski definition) is 3. The molecule has 1 aliphatic rings. The van der Waals surface area contributed by atoms with E-state index in [4.69, 9.17) is 0 Å². The number of benzene rings is 1. The molecule has 0 saturated heterocycles. The molecule has 3 rings (SSSR count). The standard InChI is InChI=1S/C14H15N3O/c1-10(18)12-6-3-7-13(8-12)17-9-15-16-14(17)11-4-2-5-11/h3,6-9,11H,2,4-5H2,1H3. The zero-order valence-electron chi connectivity index (χ0n) is 10.3. The van der Waals surface area contributed by atoms with Crippen molar-refractivity contribution in [1.29, 1.82) is 0 Å². The maximum atomic E-state index is 11.4. The maximum Gasteiger partial charge on any atom is 0.159 e. The van der Waals surface area contributed by atoms with Crippen LogP contribution in [0.1, 0.15) is 48.3 Å². The lowest BCUT2D eigenvalue weighted by atomic mass is 9.85. The summed E-state index contributed by atoms with van der Waals surface area (Å²) in [5, 5.41) is 8.22. The van der Waals surface area contributed by atoms with Crippen molar-refractivity contribution in [3.05, 3.63) is 42.0 Å². The summed E-state index contributed by atoms with van der Waals surface area (Å²) in [6.07, 6.45) is 5.37. The average molecular weight is 241 g/mol. The van der Waals surface area contributed by atoms with Crippen LogP contribution in [-0.4, -0.2) is 20.5 Å². The van der Waals surface area contributed by atoms with Crippen molar-refractivity contribution in [1.82, 2.24) is 14.8 Å². The van der Waals surface area contributed by atoms with Crippen LogP contribution in [0.2, 0.25) is 0 Å². The highest BCUT2D eigenvalue weighted by molar-refractivity contribution is 5.94. The molecule has 1 fully saturated rings. The van der Waals surface area contributed by atoms with Crippen LogP contribution in [0.15, 0.2) is 30.6 Å². The van der Waals surface area contributed by atoms with Crippen LogP contribution in [0, 0.1) is 0 Å². The van der Waals surface area contributed by atoms with Crippen molar-refractivity contribution in [3.8, 4) is 5.69 Å². The summed E-state index contributed by atoms with van der Waals surface area (Å²) in [4.78, 5) is 11.4. The number of carbonyl (C=O) groups is 1. The van der Waals surface area contributed by atoms with E-state index in [0.717, 1.165) is 17.1 Å². The van der Waals surface area contributed by atoms with Gasteiger partial charge in [0.2, 0.25) is 0 Å². The summed E-state index contributed by atoms with van der Waals surface area (Å²) in [5.74, 6) is 1.62. The number of aromatic nitrogens is 3. The van der Waals surface area contributed by atoms with Gasteiger partial charge in [0.05, 0.1) is 0 Å². The molecule has 1 aromatic carbocycles. The van der Waals surface area contributed by atoms with Gasteiger partial charge in [0, 0.05) is 17.2 Å². The lowest BCUT2D eigenvalue weighted by Crippen LogP contribution is -2.14. The molecule has 1 heterocycles. The first-order valence-electron chi connectivity index (χ1n) is 6.27. The molecule has 0 N–H and O–H groups in total. The lowest BCUT2D eigenvalue weighted by molar-refractivity contribution is 0.101. The molecule has 1 saturated carbocycles. The number of rotatable bonds is 3. The molecule has 0 unspecified atom stereocenters. The number of ketones is 1. The van der Waals surface area contributed by atoms with E-state index >= 15 is 0 Å². The second kappa shape index (κ2) is 4.37. The van der Waals surface area contributed by atoms with E-state index in [-0.39, 0.29) is 5.78 Å². The van der Waals surface area contributed by atoms with Crippen molar-refractivity contribution in [2.45, 2.75) is 32.1 Å². The Labute approximate surface area is 106 Å². The van der Waals surface area contributed by atoms with Gasteiger partial charge in [-0.05, 0) is 31.9 Å². The third kappa shape index (κ3) is 1.83. The van der Waals surface area contributed by atoms with E-state index in [1.807, 2.05) is 28.8 Å². The molecule has 1 aliphatic carbocycles. The summed E-state index contributed by atoms with van der Waals surface area (Å²) in [6.45, 7) is 1.58. The molecule has 18 heavy (non-hydrogen) atoms. The van der Waals surface area contributed by atoms with E-state index < -0.39 is 0 Å². The fourth-order valence-electron chi connectivity index (χ4n) is 2.26. The molecule has 0 amide bonds. The maximum absolute atomic E-state index is 11.4. The average Bonchev–Trinajstić information content (AvgIpc) is 2.76. The Hall–Kier alpha value is -1.97. The number of hydrogen-bond donors (Lipinski definition) is 0. The summed E-state index contributed by atoms with van der Waals surface area (Å²) in [7, 11) is 0. The Morgan fingerprint density at radius 1 is 1.39 bits per heavy atom. The highest BCUT2D eigenvalue weighted by Crippen LogP contribution is 2.35. The van der Waals surface area contributed by atoms with Crippen molar-refractivity contribution in [2.24, 2.45) is 0 Å². The van der Waals surface area contributed by atoms with Gasteiger partial charge in [0.1, 0.15) is 12.2 Å². The Balaban J connectivity index is 2.01. The van der Waals surface area contributed by atoms with Crippen LogP contribution in [0.5, 0.6) is 0 Å². The Kier molecular flexibility index (Phi) is 2.70. The first-order chi connectivity index (χ1) is 8.75. The summed E-state index contributed by atoms with van der Waals surface area (Å²) in [6, 6.07) is 7.61. The Bertz CT molecular complexity index is 584. The third-order valence-electron chi connectivity index (χ3n) is 3.58. The number of carbonyl (C=O) groups excluding carboxylic acids is 1. The van der Waals surface area contributed by atoms with E-state index in [1.165, 1.54) is 19.3 Å². The van der Waals surface area contributed by atoms with Crippen LogP contribution >= 0.6 is 0 Å². The van der Waals surface area contributed by atoms with Crippen molar-refractivity contribution >= 4 is 5.78 Å². The van der Waals surface area contributed by atoms with Crippen molar-refractivity contribution in [3.63, 3.8) is 0 Å². The second-order valence-electron chi connectivity index (χ2n) is 4.79. The smallest absolute Gasteiger partial charge is 0.159 e. The third-order valence-corrected chi connectivity index (χ3v) is 3.58. The van der Waals surface area contributed by atoms with Gasteiger partial charge in [0.25, 0.3) is 0 Å². The van der Waals surface area contributed by atoms with Crippen LogP contribution in [0.4, 0.5) is 0 Å². The van der Waals surface area contributed by atoms with E-state index in [1.54, 1.807) is 13.3 Å². The first kappa shape index (κ1) is 11.1. The minimum Gasteiger partial charge on any atom is -0.295 e. The van der Waals surface area contributed by atoms with Gasteiger partial charge in [-0.2, -0.15) is 0 Å². The molecule has 2 aromatic rings. The van der Waals surface area contributed by atoms with Crippen molar-refractivity contribution in [2.75, 3.05) is 0 Å². The Morgan fingerprint density at radius 2 is 2.22 bits per heavy atom. The molecular weight excluding hydrogens is 226 g/mol. The fourth-order valence-corrected chi connectivity index (χ4v) is 2.26. The van der Waals surface area contributed by atoms with Gasteiger partial charge in [-0.3, -0.25) is 9.36 Å². The molecule has 0 aliphatic heterocycles. The van der Waals surface area contributed by atoms with Gasteiger partial charge in [-0.1, -0.05) is 18.6 Å². The molecular formula is C14H15N3O. The molecule has 4 heteroatoms. The van der Waals surface area contributed by atoms with Gasteiger partial charge >= 0.3 is 0 Å². The lowest BCUT2D eigenvalue weighted by Gasteiger charge is -2.24. The normalized spacial score (nSPS) is 15.4. The molecule has 0 spiro atoms. The second-order valence-corrected chi connectivity index (χ2v) is 4.79. The van der Waals surface area contributed by atoms with Gasteiger partial charge in [-0.15, -0.1) is 10.2 Å². The van der Waals surface area contributed by atoms with Crippen LogP contribution < -0.4 is 0 Å². The van der Waals surface area contributed by atoms with Crippen LogP contribution in [-0.2, 0) is 0 Å². The predicted octanol–water partition coefficient (Wildman–Crippen LogP) is 2.74. The van der Waals surface area contributed by atoms with Gasteiger partial charge < -0.3 is 0 Å². The van der Waals surface area contributed by atoms with Crippen molar-refractivity contribution < 1.29 is 4.79 Å². The predicted molar refractivity (Wildman–Crippen MR) is 68.0 cm³/mol. The van der Waals surface area contributed by atoms with Crippen LogP contribution in [0.25, 0.3) is 5.69 Å².